The van der Waals surface area contributed by atoms with Gasteiger partial charge in [-0.3, -0.25) is 4.98 Å². The second-order valence-electron chi connectivity index (χ2n) is 6.77. The van der Waals surface area contributed by atoms with Gasteiger partial charge in [-0.25, -0.2) is 4.79 Å². The molecular weight excluding hydrogens is 336 g/mol. The van der Waals surface area contributed by atoms with Crippen molar-refractivity contribution in [2.75, 3.05) is 36.4 Å². The minimum Gasteiger partial charge on any atom is -0.368 e. The van der Waals surface area contributed by atoms with Crippen molar-refractivity contribution in [3.8, 4) is 0 Å². The molecule has 2 amide bonds. The van der Waals surface area contributed by atoms with Gasteiger partial charge in [0.05, 0.1) is 11.2 Å². The monoisotopic (exact) mass is 360 g/mol. The molecule has 0 saturated carbocycles. The molecule has 2 aromatic carbocycles. The number of rotatable bonds is 3. The number of pyridine rings is 1. The van der Waals surface area contributed by atoms with Crippen LogP contribution in [0.4, 0.5) is 16.2 Å². The van der Waals surface area contributed by atoms with Gasteiger partial charge < -0.3 is 15.1 Å². The van der Waals surface area contributed by atoms with Crippen LogP contribution in [-0.4, -0.2) is 42.1 Å². The van der Waals surface area contributed by atoms with E-state index < -0.39 is 0 Å². The van der Waals surface area contributed by atoms with E-state index in [0.717, 1.165) is 36.1 Å². The van der Waals surface area contributed by atoms with E-state index in [-0.39, 0.29) is 6.03 Å². The highest BCUT2D eigenvalue weighted by Gasteiger charge is 2.22. The lowest BCUT2D eigenvalue weighted by Gasteiger charge is -2.37. The summed E-state index contributed by atoms with van der Waals surface area (Å²) >= 11 is 0. The van der Waals surface area contributed by atoms with E-state index in [0.29, 0.717) is 13.1 Å². The third-order valence-electron chi connectivity index (χ3n) is 5.15. The van der Waals surface area contributed by atoms with Gasteiger partial charge in [-0.15, -0.1) is 0 Å². The third kappa shape index (κ3) is 3.58. The topological polar surface area (TPSA) is 48.5 Å². The Morgan fingerprint density at radius 1 is 1.00 bits per heavy atom. The maximum absolute atomic E-state index is 12.7. The van der Waals surface area contributed by atoms with Crippen molar-refractivity contribution >= 4 is 28.3 Å². The Balaban J connectivity index is 1.43. The lowest BCUT2D eigenvalue weighted by molar-refractivity contribution is 0.208. The number of carbonyl (C=O) groups is 1. The van der Waals surface area contributed by atoms with Crippen molar-refractivity contribution < 1.29 is 4.79 Å². The van der Waals surface area contributed by atoms with Gasteiger partial charge >= 0.3 is 6.03 Å². The minimum absolute atomic E-state index is 0.0587. The van der Waals surface area contributed by atoms with Gasteiger partial charge in [0.25, 0.3) is 0 Å². The second kappa shape index (κ2) is 7.66. The van der Waals surface area contributed by atoms with E-state index in [2.05, 4.69) is 46.4 Å². The zero-order valence-electron chi connectivity index (χ0n) is 15.6. The van der Waals surface area contributed by atoms with Crippen molar-refractivity contribution in [1.29, 1.82) is 0 Å². The van der Waals surface area contributed by atoms with Crippen molar-refractivity contribution in [2.45, 2.75) is 13.3 Å². The quantitative estimate of drug-likeness (QED) is 0.763. The number of aromatic nitrogens is 1. The third-order valence-corrected chi connectivity index (χ3v) is 5.15. The summed E-state index contributed by atoms with van der Waals surface area (Å²) in [6.07, 6.45) is 2.77. The first-order valence-electron chi connectivity index (χ1n) is 9.49. The zero-order valence-corrected chi connectivity index (χ0v) is 15.6. The largest absolute Gasteiger partial charge is 0.368 e. The highest BCUT2D eigenvalue weighted by Crippen LogP contribution is 2.24. The SMILES string of the molecule is CCc1ccccc1N1CCN(C(=O)Nc2cccc3cccnc23)CC1. The molecule has 0 bridgehead atoms. The molecule has 2 heterocycles. The number of hydrogen-bond acceptors (Lipinski definition) is 3. The molecule has 4 rings (SSSR count). The van der Waals surface area contributed by atoms with Crippen LogP contribution in [0.25, 0.3) is 10.9 Å². The summed E-state index contributed by atoms with van der Waals surface area (Å²) in [6.45, 7) is 5.29. The van der Waals surface area contributed by atoms with Crippen LogP contribution in [0.5, 0.6) is 0 Å². The molecule has 1 N–H and O–H groups in total. The fraction of sp³-hybridized carbons (Fsp3) is 0.273. The first-order chi connectivity index (χ1) is 13.3. The number of carbonyl (C=O) groups excluding carboxylic acids is 1. The van der Waals surface area contributed by atoms with Gasteiger partial charge in [0.1, 0.15) is 0 Å². The van der Waals surface area contributed by atoms with E-state index in [9.17, 15) is 4.79 Å². The van der Waals surface area contributed by atoms with Crippen LogP contribution >= 0.6 is 0 Å². The van der Waals surface area contributed by atoms with E-state index in [4.69, 9.17) is 0 Å². The van der Waals surface area contributed by atoms with Gasteiger partial charge in [0, 0.05) is 43.4 Å². The Morgan fingerprint density at radius 3 is 2.59 bits per heavy atom. The highest BCUT2D eigenvalue weighted by molar-refractivity contribution is 5.99. The van der Waals surface area contributed by atoms with E-state index in [1.165, 1.54) is 11.3 Å². The number of urea groups is 1. The van der Waals surface area contributed by atoms with Gasteiger partial charge in [-0.2, -0.15) is 0 Å². The average Bonchev–Trinajstić information content (AvgIpc) is 2.74. The molecule has 1 aliphatic rings. The Kier molecular flexibility index (Phi) is 4.92. The number of piperazine rings is 1. The predicted octanol–water partition coefficient (Wildman–Crippen LogP) is 4.15. The molecule has 0 unspecified atom stereocenters. The molecule has 27 heavy (non-hydrogen) atoms. The summed E-state index contributed by atoms with van der Waals surface area (Å²) in [5.41, 5.74) is 4.23. The lowest BCUT2D eigenvalue weighted by Crippen LogP contribution is -2.50. The van der Waals surface area contributed by atoms with Gasteiger partial charge in [-0.05, 0) is 30.2 Å². The molecule has 3 aromatic rings. The van der Waals surface area contributed by atoms with Crippen LogP contribution in [0.3, 0.4) is 0 Å². The average molecular weight is 360 g/mol. The van der Waals surface area contributed by atoms with Crippen LogP contribution in [-0.2, 0) is 6.42 Å². The number of benzene rings is 2. The van der Waals surface area contributed by atoms with Crippen LogP contribution in [0, 0.1) is 0 Å². The normalized spacial score (nSPS) is 14.4. The summed E-state index contributed by atoms with van der Waals surface area (Å²) in [4.78, 5) is 21.4. The standard InChI is InChI=1S/C22H24N4O/c1-2-17-7-3-4-11-20(17)25-13-15-26(16-14-25)22(27)24-19-10-5-8-18-9-6-12-23-21(18)19/h3-12H,2,13-16H2,1H3,(H,24,27). The first kappa shape index (κ1) is 17.3. The summed E-state index contributed by atoms with van der Waals surface area (Å²) in [5, 5.41) is 4.06. The number of fused-ring (bicyclic) bond motifs is 1. The number of hydrogen-bond donors (Lipinski definition) is 1. The predicted molar refractivity (Wildman–Crippen MR) is 110 cm³/mol. The van der Waals surface area contributed by atoms with Crippen LogP contribution in [0.1, 0.15) is 12.5 Å². The van der Waals surface area contributed by atoms with Crippen molar-refractivity contribution in [3.05, 3.63) is 66.4 Å². The van der Waals surface area contributed by atoms with Crippen molar-refractivity contribution in [2.24, 2.45) is 0 Å². The summed E-state index contributed by atoms with van der Waals surface area (Å²) in [5.74, 6) is 0. The van der Waals surface area contributed by atoms with Gasteiger partial charge in [0.15, 0.2) is 0 Å². The number of anilines is 2. The smallest absolute Gasteiger partial charge is 0.322 e. The fourth-order valence-electron chi connectivity index (χ4n) is 3.67. The molecule has 1 saturated heterocycles. The summed E-state index contributed by atoms with van der Waals surface area (Å²) < 4.78 is 0. The molecule has 0 radical (unpaired) electrons. The Bertz CT molecular complexity index is 942. The molecule has 5 heteroatoms. The van der Waals surface area contributed by atoms with Gasteiger partial charge in [-0.1, -0.05) is 43.3 Å². The number of para-hydroxylation sites is 2. The molecule has 1 fully saturated rings. The van der Waals surface area contributed by atoms with Crippen LogP contribution in [0.2, 0.25) is 0 Å². The highest BCUT2D eigenvalue weighted by atomic mass is 16.2. The number of amides is 2. The van der Waals surface area contributed by atoms with E-state index in [1.807, 2.05) is 35.2 Å². The molecule has 1 aliphatic heterocycles. The molecular formula is C22H24N4O. The Labute approximate surface area is 159 Å². The Hall–Kier alpha value is -3.08. The molecule has 5 nitrogen and oxygen atoms in total. The minimum atomic E-state index is -0.0587. The molecule has 0 spiro atoms. The number of nitrogens with one attached hydrogen (secondary N) is 1. The van der Waals surface area contributed by atoms with Crippen molar-refractivity contribution in [1.82, 2.24) is 9.88 Å². The number of aryl methyl sites for hydroxylation is 1. The molecule has 138 valence electrons. The first-order valence-corrected chi connectivity index (χ1v) is 9.49. The van der Waals surface area contributed by atoms with Crippen LogP contribution in [0.15, 0.2) is 60.8 Å². The number of nitrogens with zero attached hydrogens (tertiary/aromatic N) is 3. The Morgan fingerprint density at radius 2 is 1.78 bits per heavy atom. The zero-order chi connectivity index (χ0) is 18.6. The second-order valence-corrected chi connectivity index (χ2v) is 6.77. The van der Waals surface area contributed by atoms with Crippen LogP contribution < -0.4 is 10.2 Å². The summed E-state index contributed by atoms with van der Waals surface area (Å²) in [7, 11) is 0. The van der Waals surface area contributed by atoms with E-state index in [1.54, 1.807) is 6.20 Å². The lowest BCUT2D eigenvalue weighted by atomic mass is 10.1. The maximum Gasteiger partial charge on any atom is 0.322 e. The molecule has 1 aromatic heterocycles. The molecule has 0 atom stereocenters. The fourth-order valence-corrected chi connectivity index (χ4v) is 3.67. The van der Waals surface area contributed by atoms with Gasteiger partial charge in [0.2, 0.25) is 0 Å². The van der Waals surface area contributed by atoms with Crippen molar-refractivity contribution in [3.63, 3.8) is 0 Å². The summed E-state index contributed by atoms with van der Waals surface area (Å²) in [6, 6.07) is 18.2. The maximum atomic E-state index is 12.7. The van der Waals surface area contributed by atoms with E-state index >= 15 is 0 Å². The molecule has 0 aliphatic carbocycles.